The fourth-order valence-electron chi connectivity index (χ4n) is 1.84. The lowest BCUT2D eigenvalue weighted by Crippen LogP contribution is -2.15. The van der Waals surface area contributed by atoms with Crippen LogP contribution >= 0.6 is 15.9 Å². The molecule has 23 heavy (non-hydrogen) atoms. The molecule has 1 amide bonds. The number of esters is 1. The molecule has 0 saturated carbocycles. The van der Waals surface area contributed by atoms with Gasteiger partial charge in [-0.3, -0.25) is 4.79 Å². The van der Waals surface area contributed by atoms with Crippen LogP contribution < -0.4 is 10.1 Å². The number of carbonyl (C=O) groups is 2. The van der Waals surface area contributed by atoms with Crippen LogP contribution in [0.1, 0.15) is 17.3 Å². The SMILES string of the molecule is CCOC(=O)COc1cccc(NC(=O)c2cccc(Br)c2)c1. The van der Waals surface area contributed by atoms with Gasteiger partial charge in [-0.25, -0.2) is 4.79 Å². The number of anilines is 1. The maximum absolute atomic E-state index is 12.2. The molecule has 0 aliphatic rings. The van der Waals surface area contributed by atoms with Gasteiger partial charge >= 0.3 is 5.97 Å². The van der Waals surface area contributed by atoms with E-state index in [4.69, 9.17) is 9.47 Å². The van der Waals surface area contributed by atoms with Crippen molar-refractivity contribution in [2.45, 2.75) is 6.92 Å². The zero-order chi connectivity index (χ0) is 16.7. The van der Waals surface area contributed by atoms with Gasteiger partial charge in [0.05, 0.1) is 6.61 Å². The van der Waals surface area contributed by atoms with Crippen molar-refractivity contribution in [3.05, 3.63) is 58.6 Å². The third-order valence-corrected chi connectivity index (χ3v) is 3.33. The summed E-state index contributed by atoms with van der Waals surface area (Å²) in [5.74, 6) is -0.185. The van der Waals surface area contributed by atoms with Crippen molar-refractivity contribution in [3.8, 4) is 5.75 Å². The molecule has 0 aromatic heterocycles. The molecule has 0 aliphatic carbocycles. The predicted octanol–water partition coefficient (Wildman–Crippen LogP) is 3.64. The fourth-order valence-corrected chi connectivity index (χ4v) is 2.24. The van der Waals surface area contributed by atoms with Gasteiger partial charge in [-0.2, -0.15) is 0 Å². The summed E-state index contributed by atoms with van der Waals surface area (Å²) in [7, 11) is 0. The Labute approximate surface area is 142 Å². The molecule has 6 heteroatoms. The second-order valence-electron chi connectivity index (χ2n) is 4.59. The number of ether oxygens (including phenoxy) is 2. The quantitative estimate of drug-likeness (QED) is 0.780. The molecule has 0 saturated heterocycles. The smallest absolute Gasteiger partial charge is 0.344 e. The van der Waals surface area contributed by atoms with Crippen LogP contribution in [0.3, 0.4) is 0 Å². The Hall–Kier alpha value is -2.34. The second kappa shape index (κ2) is 8.33. The minimum Gasteiger partial charge on any atom is -0.482 e. The number of halogens is 1. The summed E-state index contributed by atoms with van der Waals surface area (Å²) in [4.78, 5) is 23.5. The van der Waals surface area contributed by atoms with Gasteiger partial charge in [0.1, 0.15) is 5.75 Å². The van der Waals surface area contributed by atoms with Crippen molar-refractivity contribution in [1.29, 1.82) is 0 Å². The van der Waals surface area contributed by atoms with Gasteiger partial charge < -0.3 is 14.8 Å². The lowest BCUT2D eigenvalue weighted by Gasteiger charge is -2.09. The van der Waals surface area contributed by atoms with Crippen LogP contribution in [0.25, 0.3) is 0 Å². The standard InChI is InChI=1S/C17H16BrNO4/c1-2-22-16(20)11-23-15-8-4-7-14(10-15)19-17(21)12-5-3-6-13(18)9-12/h3-10H,2,11H2,1H3,(H,19,21). The Balaban J connectivity index is 1.99. The van der Waals surface area contributed by atoms with Crippen LogP contribution in [0.5, 0.6) is 5.75 Å². The number of amides is 1. The van der Waals surface area contributed by atoms with E-state index in [1.165, 1.54) is 0 Å². The van der Waals surface area contributed by atoms with E-state index in [0.717, 1.165) is 4.47 Å². The molecule has 120 valence electrons. The van der Waals surface area contributed by atoms with Gasteiger partial charge in [0, 0.05) is 21.8 Å². The minimum absolute atomic E-state index is 0.170. The zero-order valence-electron chi connectivity index (χ0n) is 12.5. The summed E-state index contributed by atoms with van der Waals surface area (Å²) in [6.45, 7) is 1.87. The van der Waals surface area contributed by atoms with E-state index in [0.29, 0.717) is 23.6 Å². The molecule has 5 nitrogen and oxygen atoms in total. The lowest BCUT2D eigenvalue weighted by atomic mass is 10.2. The molecule has 2 aromatic rings. The highest BCUT2D eigenvalue weighted by Crippen LogP contribution is 2.19. The first kappa shape index (κ1) is 17.0. The molecule has 0 spiro atoms. The van der Waals surface area contributed by atoms with Crippen LogP contribution in [0.2, 0.25) is 0 Å². The Kier molecular flexibility index (Phi) is 6.17. The van der Waals surface area contributed by atoms with Crippen molar-refractivity contribution >= 4 is 33.5 Å². The maximum Gasteiger partial charge on any atom is 0.344 e. The Morgan fingerprint density at radius 3 is 2.65 bits per heavy atom. The molecular weight excluding hydrogens is 362 g/mol. The van der Waals surface area contributed by atoms with Crippen LogP contribution in [-0.2, 0) is 9.53 Å². The molecule has 2 rings (SSSR count). The first-order valence-corrected chi connectivity index (χ1v) is 7.83. The number of benzene rings is 2. The molecule has 0 atom stereocenters. The number of nitrogens with one attached hydrogen (secondary N) is 1. The van der Waals surface area contributed by atoms with E-state index in [1.807, 2.05) is 6.07 Å². The van der Waals surface area contributed by atoms with Crippen molar-refractivity contribution in [2.75, 3.05) is 18.5 Å². The lowest BCUT2D eigenvalue weighted by molar-refractivity contribution is -0.145. The topological polar surface area (TPSA) is 64.6 Å². The fraction of sp³-hybridized carbons (Fsp3) is 0.176. The van der Waals surface area contributed by atoms with E-state index in [1.54, 1.807) is 49.4 Å². The average Bonchev–Trinajstić information content (AvgIpc) is 2.53. The predicted molar refractivity (Wildman–Crippen MR) is 90.7 cm³/mol. The minimum atomic E-state index is -0.434. The normalized spacial score (nSPS) is 10.0. The van der Waals surface area contributed by atoms with Gasteiger partial charge in [0.2, 0.25) is 0 Å². The van der Waals surface area contributed by atoms with Crippen LogP contribution in [0.15, 0.2) is 53.0 Å². The molecular formula is C17H16BrNO4. The maximum atomic E-state index is 12.2. The number of hydrogen-bond acceptors (Lipinski definition) is 4. The third kappa shape index (κ3) is 5.41. The summed E-state index contributed by atoms with van der Waals surface area (Å²) in [5.41, 5.74) is 1.12. The number of carbonyl (C=O) groups excluding carboxylic acids is 2. The number of hydrogen-bond donors (Lipinski definition) is 1. The van der Waals surface area contributed by atoms with Gasteiger partial charge in [-0.05, 0) is 37.3 Å². The van der Waals surface area contributed by atoms with Gasteiger partial charge in [-0.15, -0.1) is 0 Å². The molecule has 0 fully saturated rings. The van der Waals surface area contributed by atoms with Crippen molar-refractivity contribution < 1.29 is 19.1 Å². The largest absolute Gasteiger partial charge is 0.482 e. The van der Waals surface area contributed by atoms with Crippen LogP contribution in [-0.4, -0.2) is 25.1 Å². The summed E-state index contributed by atoms with van der Waals surface area (Å²) in [6.07, 6.45) is 0. The van der Waals surface area contributed by atoms with Gasteiger partial charge in [0.15, 0.2) is 6.61 Å². The molecule has 0 radical (unpaired) electrons. The first-order chi connectivity index (χ1) is 11.1. The van der Waals surface area contributed by atoms with Crippen molar-refractivity contribution in [2.24, 2.45) is 0 Å². The van der Waals surface area contributed by atoms with Crippen molar-refractivity contribution in [3.63, 3.8) is 0 Å². The second-order valence-corrected chi connectivity index (χ2v) is 5.50. The highest BCUT2D eigenvalue weighted by molar-refractivity contribution is 9.10. The molecule has 0 bridgehead atoms. The van der Waals surface area contributed by atoms with E-state index in [-0.39, 0.29) is 12.5 Å². The average molecular weight is 378 g/mol. The van der Waals surface area contributed by atoms with E-state index >= 15 is 0 Å². The summed E-state index contributed by atoms with van der Waals surface area (Å²) < 4.78 is 11.0. The van der Waals surface area contributed by atoms with Gasteiger partial charge in [0.25, 0.3) is 5.91 Å². The Morgan fingerprint density at radius 1 is 1.13 bits per heavy atom. The third-order valence-electron chi connectivity index (χ3n) is 2.84. The monoisotopic (exact) mass is 377 g/mol. The summed E-state index contributed by atoms with van der Waals surface area (Å²) >= 11 is 3.33. The van der Waals surface area contributed by atoms with E-state index in [2.05, 4.69) is 21.2 Å². The summed E-state index contributed by atoms with van der Waals surface area (Å²) in [6, 6.07) is 13.9. The van der Waals surface area contributed by atoms with Crippen LogP contribution in [0.4, 0.5) is 5.69 Å². The zero-order valence-corrected chi connectivity index (χ0v) is 14.1. The Morgan fingerprint density at radius 2 is 1.91 bits per heavy atom. The number of rotatable bonds is 6. The first-order valence-electron chi connectivity index (χ1n) is 7.04. The Bertz CT molecular complexity index is 702. The molecule has 0 unspecified atom stereocenters. The van der Waals surface area contributed by atoms with Crippen LogP contribution in [0, 0.1) is 0 Å². The molecule has 0 aliphatic heterocycles. The molecule has 0 heterocycles. The molecule has 2 aromatic carbocycles. The highest BCUT2D eigenvalue weighted by atomic mass is 79.9. The van der Waals surface area contributed by atoms with E-state index in [9.17, 15) is 9.59 Å². The van der Waals surface area contributed by atoms with Gasteiger partial charge in [-0.1, -0.05) is 28.1 Å². The van der Waals surface area contributed by atoms with E-state index < -0.39 is 5.97 Å². The highest BCUT2D eigenvalue weighted by Gasteiger charge is 2.08. The molecule has 1 N–H and O–H groups in total. The van der Waals surface area contributed by atoms with Crippen molar-refractivity contribution in [1.82, 2.24) is 0 Å². The summed E-state index contributed by atoms with van der Waals surface area (Å²) in [5, 5.41) is 2.78.